The fourth-order valence-corrected chi connectivity index (χ4v) is 4.20. The number of carbonyl (C=O) groups is 3. The summed E-state index contributed by atoms with van der Waals surface area (Å²) in [6.45, 7) is 2.86. The monoisotopic (exact) mass is 517 g/mol. The average molecular weight is 518 g/mol. The fraction of sp³-hybridized carbons (Fsp3) is 0.276. The van der Waals surface area contributed by atoms with Crippen LogP contribution in [0.1, 0.15) is 33.2 Å². The second kappa shape index (κ2) is 12.2. The molecule has 1 aliphatic heterocycles. The number of amides is 3. The highest BCUT2D eigenvalue weighted by molar-refractivity contribution is 6.04. The zero-order chi connectivity index (χ0) is 27.1. The van der Waals surface area contributed by atoms with Crippen molar-refractivity contribution in [3.8, 4) is 5.75 Å². The number of nitrogens with zero attached hydrogens (tertiary/aromatic N) is 1. The molecule has 1 aliphatic rings. The molecule has 3 aromatic carbocycles. The van der Waals surface area contributed by atoms with Crippen molar-refractivity contribution in [1.29, 1.82) is 0 Å². The second-order valence-corrected chi connectivity index (χ2v) is 8.95. The van der Waals surface area contributed by atoms with Crippen LogP contribution in [-0.4, -0.2) is 56.2 Å². The summed E-state index contributed by atoms with van der Waals surface area (Å²) in [7, 11) is 3.09. The first kappa shape index (κ1) is 26.7. The maximum absolute atomic E-state index is 13.2. The van der Waals surface area contributed by atoms with Crippen LogP contribution in [-0.2, 0) is 20.8 Å². The number of carbonyl (C=O) groups excluding carboxylic acids is 3. The third-order valence-electron chi connectivity index (χ3n) is 6.26. The number of hydrogen-bond donors (Lipinski definition) is 2. The molecule has 9 heteroatoms. The van der Waals surface area contributed by atoms with E-state index in [-0.39, 0.29) is 18.4 Å². The Hall–Kier alpha value is -4.37. The summed E-state index contributed by atoms with van der Waals surface area (Å²) in [5.74, 6) is -0.0370. The molecule has 1 saturated heterocycles. The average Bonchev–Trinajstić information content (AvgIpc) is 3.26. The standard InChI is InChI=1S/C29H31N3O6/c1-19-7-9-20(10-8-19)18-32-25(28(34)30-15-16-36-2)26(38-29(32)35)21-11-13-23(14-12-21)31-27(33)22-5-4-6-24(17-22)37-3/h4-14,17,25-26H,15-16,18H2,1-3H3,(H,30,34)(H,31,33)/t25-,26+/m1/s1. The first-order valence-electron chi connectivity index (χ1n) is 12.2. The first-order chi connectivity index (χ1) is 18.4. The van der Waals surface area contributed by atoms with Gasteiger partial charge in [0.2, 0.25) is 5.91 Å². The number of ether oxygens (including phenoxy) is 3. The van der Waals surface area contributed by atoms with Crippen molar-refractivity contribution in [2.75, 3.05) is 32.7 Å². The third kappa shape index (κ3) is 6.30. The molecule has 3 amide bonds. The van der Waals surface area contributed by atoms with Gasteiger partial charge in [0.25, 0.3) is 5.91 Å². The van der Waals surface area contributed by atoms with Gasteiger partial charge in [0.15, 0.2) is 12.1 Å². The zero-order valence-corrected chi connectivity index (χ0v) is 21.6. The van der Waals surface area contributed by atoms with Gasteiger partial charge in [0.05, 0.1) is 20.3 Å². The summed E-state index contributed by atoms with van der Waals surface area (Å²) in [5.41, 5.74) is 3.64. The number of benzene rings is 3. The summed E-state index contributed by atoms with van der Waals surface area (Å²) in [5, 5.41) is 5.68. The first-order valence-corrected chi connectivity index (χ1v) is 12.2. The van der Waals surface area contributed by atoms with Crippen LogP contribution in [0.3, 0.4) is 0 Å². The number of aryl methyl sites for hydroxylation is 1. The Labute approximate surface area is 221 Å². The van der Waals surface area contributed by atoms with E-state index in [1.54, 1.807) is 62.8 Å². The molecule has 0 aliphatic carbocycles. The molecule has 0 saturated carbocycles. The summed E-state index contributed by atoms with van der Waals surface area (Å²) in [4.78, 5) is 40.3. The van der Waals surface area contributed by atoms with E-state index in [4.69, 9.17) is 14.2 Å². The molecular weight excluding hydrogens is 486 g/mol. The molecule has 198 valence electrons. The van der Waals surface area contributed by atoms with E-state index < -0.39 is 18.2 Å². The van der Waals surface area contributed by atoms with Crippen molar-refractivity contribution in [2.24, 2.45) is 0 Å². The van der Waals surface area contributed by atoms with Gasteiger partial charge in [-0.3, -0.25) is 14.5 Å². The van der Waals surface area contributed by atoms with Gasteiger partial charge < -0.3 is 24.8 Å². The van der Waals surface area contributed by atoms with Crippen molar-refractivity contribution >= 4 is 23.6 Å². The normalized spacial score (nSPS) is 16.6. The summed E-state index contributed by atoms with van der Waals surface area (Å²) in [6.07, 6.45) is -1.39. The van der Waals surface area contributed by atoms with E-state index in [0.717, 1.165) is 11.1 Å². The maximum Gasteiger partial charge on any atom is 0.411 e. The van der Waals surface area contributed by atoms with Crippen molar-refractivity contribution < 1.29 is 28.6 Å². The predicted molar refractivity (Wildman–Crippen MR) is 142 cm³/mol. The highest BCUT2D eigenvalue weighted by Crippen LogP contribution is 2.34. The molecule has 2 N–H and O–H groups in total. The van der Waals surface area contributed by atoms with Crippen LogP contribution in [0.25, 0.3) is 0 Å². The van der Waals surface area contributed by atoms with E-state index in [2.05, 4.69) is 10.6 Å². The van der Waals surface area contributed by atoms with E-state index in [1.165, 1.54) is 4.90 Å². The fourth-order valence-electron chi connectivity index (χ4n) is 4.20. The Kier molecular flexibility index (Phi) is 8.60. The molecule has 0 unspecified atom stereocenters. The van der Waals surface area contributed by atoms with Gasteiger partial charge in [-0.15, -0.1) is 0 Å². The van der Waals surface area contributed by atoms with E-state index >= 15 is 0 Å². The van der Waals surface area contributed by atoms with Crippen LogP contribution in [0.4, 0.5) is 10.5 Å². The van der Waals surface area contributed by atoms with Gasteiger partial charge in [-0.1, -0.05) is 48.0 Å². The van der Waals surface area contributed by atoms with Crippen LogP contribution < -0.4 is 15.4 Å². The molecular formula is C29H31N3O6. The van der Waals surface area contributed by atoms with Gasteiger partial charge in [0.1, 0.15) is 5.75 Å². The van der Waals surface area contributed by atoms with E-state index in [0.29, 0.717) is 35.7 Å². The summed E-state index contributed by atoms with van der Waals surface area (Å²) < 4.78 is 15.9. The number of hydrogen-bond acceptors (Lipinski definition) is 6. The third-order valence-corrected chi connectivity index (χ3v) is 6.26. The summed E-state index contributed by atoms with van der Waals surface area (Å²) >= 11 is 0. The van der Waals surface area contributed by atoms with E-state index in [1.807, 2.05) is 31.2 Å². The van der Waals surface area contributed by atoms with Gasteiger partial charge in [-0.05, 0) is 48.4 Å². The number of nitrogens with one attached hydrogen (secondary N) is 2. The number of cyclic esters (lactones) is 1. The quantitative estimate of drug-likeness (QED) is 0.393. The van der Waals surface area contributed by atoms with Gasteiger partial charge in [-0.2, -0.15) is 0 Å². The SMILES string of the molecule is COCCNC(=O)[C@H]1[C@H](c2ccc(NC(=O)c3cccc(OC)c3)cc2)OC(=O)N1Cc1ccc(C)cc1. The number of methoxy groups -OCH3 is 2. The highest BCUT2D eigenvalue weighted by atomic mass is 16.6. The molecule has 38 heavy (non-hydrogen) atoms. The van der Waals surface area contributed by atoms with Gasteiger partial charge in [-0.25, -0.2) is 4.79 Å². The molecule has 0 spiro atoms. The second-order valence-electron chi connectivity index (χ2n) is 8.95. The van der Waals surface area contributed by atoms with E-state index in [9.17, 15) is 14.4 Å². The van der Waals surface area contributed by atoms with Crippen LogP contribution in [0.2, 0.25) is 0 Å². The molecule has 9 nitrogen and oxygen atoms in total. The van der Waals surface area contributed by atoms with Crippen LogP contribution in [0.5, 0.6) is 5.75 Å². The Balaban J connectivity index is 1.53. The zero-order valence-electron chi connectivity index (χ0n) is 21.6. The lowest BCUT2D eigenvalue weighted by Gasteiger charge is -2.24. The smallest absolute Gasteiger partial charge is 0.411 e. The Morgan fingerprint density at radius 3 is 2.42 bits per heavy atom. The lowest BCUT2D eigenvalue weighted by atomic mass is 10.00. The molecule has 2 atom stereocenters. The molecule has 0 aromatic heterocycles. The van der Waals surface area contributed by atoms with Crippen LogP contribution in [0.15, 0.2) is 72.8 Å². The minimum absolute atomic E-state index is 0.229. The molecule has 0 radical (unpaired) electrons. The highest BCUT2D eigenvalue weighted by Gasteiger charge is 2.46. The molecule has 0 bridgehead atoms. The minimum atomic E-state index is -0.877. The maximum atomic E-state index is 13.2. The lowest BCUT2D eigenvalue weighted by molar-refractivity contribution is -0.126. The Bertz CT molecular complexity index is 1280. The predicted octanol–water partition coefficient (Wildman–Crippen LogP) is 4.08. The number of anilines is 1. The molecule has 1 heterocycles. The van der Waals surface area contributed by atoms with Crippen LogP contribution in [0, 0.1) is 6.92 Å². The number of rotatable bonds is 10. The topological polar surface area (TPSA) is 106 Å². The van der Waals surface area contributed by atoms with Crippen LogP contribution >= 0.6 is 0 Å². The molecule has 1 fully saturated rings. The van der Waals surface area contributed by atoms with Gasteiger partial charge >= 0.3 is 6.09 Å². The van der Waals surface area contributed by atoms with Crippen molar-refractivity contribution in [2.45, 2.75) is 25.6 Å². The molecule has 4 rings (SSSR count). The van der Waals surface area contributed by atoms with Crippen molar-refractivity contribution in [3.05, 3.63) is 95.1 Å². The summed E-state index contributed by atoms with van der Waals surface area (Å²) in [6, 6.07) is 20.6. The van der Waals surface area contributed by atoms with Crippen molar-refractivity contribution in [1.82, 2.24) is 10.2 Å². The Morgan fingerprint density at radius 2 is 1.74 bits per heavy atom. The van der Waals surface area contributed by atoms with Crippen molar-refractivity contribution in [3.63, 3.8) is 0 Å². The van der Waals surface area contributed by atoms with Gasteiger partial charge in [0, 0.05) is 24.9 Å². The molecule has 3 aromatic rings. The lowest BCUT2D eigenvalue weighted by Crippen LogP contribution is -2.47. The minimum Gasteiger partial charge on any atom is -0.497 e. The largest absolute Gasteiger partial charge is 0.497 e. The Morgan fingerprint density at radius 1 is 1.00 bits per heavy atom.